The number of carbonyl (C=O) groups is 5. The molecule has 14 heteroatoms. The topological polar surface area (TPSA) is 208 Å². The van der Waals surface area contributed by atoms with Gasteiger partial charge < -0.3 is 36.5 Å². The second kappa shape index (κ2) is 13.7. The SMILES string of the molecule is CSCCC(NC(=O)C1CCCN1C(=O)C(Cc1cnc[nH]1)NC(=O)C(N)CCC(=O)O)C(=O)O. The highest BCUT2D eigenvalue weighted by atomic mass is 32.2. The number of amides is 3. The second-order valence-corrected chi connectivity index (χ2v) is 9.24. The van der Waals surface area contributed by atoms with Crippen LogP contribution >= 0.6 is 11.8 Å². The molecule has 1 aromatic rings. The van der Waals surface area contributed by atoms with E-state index in [-0.39, 0.29) is 32.2 Å². The van der Waals surface area contributed by atoms with Crippen molar-refractivity contribution in [3.05, 3.63) is 18.2 Å². The molecule has 3 amide bonds. The predicted molar refractivity (Wildman–Crippen MR) is 126 cm³/mol. The van der Waals surface area contributed by atoms with E-state index in [0.717, 1.165) is 0 Å². The van der Waals surface area contributed by atoms with Crippen LogP contribution < -0.4 is 16.4 Å². The molecule has 0 aliphatic carbocycles. The van der Waals surface area contributed by atoms with Crippen molar-refractivity contribution >= 4 is 41.4 Å². The summed E-state index contributed by atoms with van der Waals surface area (Å²) in [5, 5.41) is 23.3. The summed E-state index contributed by atoms with van der Waals surface area (Å²) < 4.78 is 0. The van der Waals surface area contributed by atoms with E-state index in [2.05, 4.69) is 20.6 Å². The van der Waals surface area contributed by atoms with Gasteiger partial charge in [-0.1, -0.05) is 0 Å². The largest absolute Gasteiger partial charge is 0.481 e. The first-order valence-electron chi connectivity index (χ1n) is 11.2. The third kappa shape index (κ3) is 8.55. The number of rotatable bonds is 14. The number of nitrogens with one attached hydrogen (secondary N) is 3. The predicted octanol–water partition coefficient (Wildman–Crippen LogP) is -1.06. The first kappa shape index (κ1) is 28.1. The van der Waals surface area contributed by atoms with E-state index in [4.69, 9.17) is 10.8 Å². The number of H-pyrrole nitrogens is 1. The minimum atomic E-state index is -1.15. The van der Waals surface area contributed by atoms with Crippen LogP contribution in [-0.4, -0.2) is 97.5 Å². The Morgan fingerprint density at radius 1 is 1.23 bits per heavy atom. The van der Waals surface area contributed by atoms with Gasteiger partial charge in [0.05, 0.1) is 12.4 Å². The number of nitrogens with zero attached hydrogens (tertiary/aromatic N) is 2. The molecule has 2 rings (SSSR count). The summed E-state index contributed by atoms with van der Waals surface area (Å²) >= 11 is 1.46. The molecular formula is C21H32N6O7S. The molecule has 13 nitrogen and oxygen atoms in total. The molecule has 1 aromatic heterocycles. The zero-order valence-corrected chi connectivity index (χ0v) is 20.3. The fourth-order valence-electron chi connectivity index (χ4n) is 3.77. The van der Waals surface area contributed by atoms with Crippen molar-refractivity contribution in [2.45, 2.75) is 62.7 Å². The summed E-state index contributed by atoms with van der Waals surface area (Å²) in [5.74, 6) is -3.47. The minimum absolute atomic E-state index is 0.0482. The van der Waals surface area contributed by atoms with Crippen LogP contribution in [0.1, 0.15) is 37.8 Å². The number of hydrogen-bond donors (Lipinski definition) is 6. The summed E-state index contributed by atoms with van der Waals surface area (Å²) in [6.07, 6.45) is 5.53. The molecule has 1 aliphatic rings. The molecule has 1 saturated heterocycles. The zero-order valence-electron chi connectivity index (χ0n) is 19.4. The van der Waals surface area contributed by atoms with Gasteiger partial charge in [-0.25, -0.2) is 9.78 Å². The molecule has 0 spiro atoms. The van der Waals surface area contributed by atoms with Gasteiger partial charge in [-0.2, -0.15) is 11.8 Å². The Morgan fingerprint density at radius 2 is 1.97 bits per heavy atom. The van der Waals surface area contributed by atoms with Gasteiger partial charge in [0.15, 0.2) is 0 Å². The lowest BCUT2D eigenvalue weighted by Crippen LogP contribution is -2.57. The quantitative estimate of drug-likeness (QED) is 0.178. The van der Waals surface area contributed by atoms with Crippen LogP contribution in [0.3, 0.4) is 0 Å². The highest BCUT2D eigenvalue weighted by Gasteiger charge is 2.39. The van der Waals surface area contributed by atoms with Gasteiger partial charge in [-0.3, -0.25) is 19.2 Å². The maximum atomic E-state index is 13.4. The van der Waals surface area contributed by atoms with Gasteiger partial charge in [0.1, 0.15) is 18.1 Å². The lowest BCUT2D eigenvalue weighted by atomic mass is 10.1. The number of nitrogens with two attached hydrogens (primary N) is 1. The molecule has 7 N–H and O–H groups in total. The van der Waals surface area contributed by atoms with Gasteiger partial charge in [0.2, 0.25) is 17.7 Å². The fourth-order valence-corrected chi connectivity index (χ4v) is 4.24. The molecule has 4 atom stereocenters. The van der Waals surface area contributed by atoms with Crippen molar-refractivity contribution in [2.24, 2.45) is 5.73 Å². The van der Waals surface area contributed by atoms with Crippen LogP contribution in [-0.2, 0) is 30.4 Å². The van der Waals surface area contributed by atoms with Crippen molar-refractivity contribution in [3.8, 4) is 0 Å². The van der Waals surface area contributed by atoms with Gasteiger partial charge >= 0.3 is 11.9 Å². The third-order valence-corrected chi connectivity index (χ3v) is 6.31. The van der Waals surface area contributed by atoms with Gasteiger partial charge in [0.25, 0.3) is 0 Å². The lowest BCUT2D eigenvalue weighted by Gasteiger charge is -2.29. The monoisotopic (exact) mass is 512 g/mol. The van der Waals surface area contributed by atoms with Crippen molar-refractivity contribution in [2.75, 3.05) is 18.6 Å². The van der Waals surface area contributed by atoms with Crippen molar-refractivity contribution < 1.29 is 34.2 Å². The molecule has 4 unspecified atom stereocenters. The fraction of sp³-hybridized carbons (Fsp3) is 0.619. The van der Waals surface area contributed by atoms with E-state index in [0.29, 0.717) is 24.3 Å². The number of hydrogen-bond acceptors (Lipinski definition) is 8. The average Bonchev–Trinajstić information content (AvgIpc) is 3.51. The van der Waals surface area contributed by atoms with Crippen LogP contribution in [0.4, 0.5) is 0 Å². The summed E-state index contributed by atoms with van der Waals surface area (Å²) in [6, 6.07) is -4.16. The van der Waals surface area contributed by atoms with E-state index in [9.17, 15) is 29.1 Å². The zero-order chi connectivity index (χ0) is 26.0. The normalized spacial score (nSPS) is 17.9. The van der Waals surface area contributed by atoms with Crippen molar-refractivity contribution in [1.82, 2.24) is 25.5 Å². The first-order chi connectivity index (χ1) is 16.6. The van der Waals surface area contributed by atoms with Crippen molar-refractivity contribution in [1.29, 1.82) is 0 Å². The molecule has 0 bridgehead atoms. The first-order valence-corrected chi connectivity index (χ1v) is 12.6. The summed E-state index contributed by atoms with van der Waals surface area (Å²) in [6.45, 7) is 0.264. The van der Waals surface area contributed by atoms with Crippen molar-refractivity contribution in [3.63, 3.8) is 0 Å². The molecule has 0 saturated carbocycles. The van der Waals surface area contributed by atoms with Gasteiger partial charge in [-0.05, 0) is 37.7 Å². The Labute approximate surface area is 206 Å². The molecule has 0 radical (unpaired) electrons. The lowest BCUT2D eigenvalue weighted by molar-refractivity contribution is -0.145. The van der Waals surface area contributed by atoms with Crippen LogP contribution in [0.15, 0.2) is 12.5 Å². The Morgan fingerprint density at radius 3 is 2.57 bits per heavy atom. The second-order valence-electron chi connectivity index (χ2n) is 8.25. The highest BCUT2D eigenvalue weighted by Crippen LogP contribution is 2.20. The number of imidazole rings is 1. The number of carbonyl (C=O) groups excluding carboxylic acids is 3. The number of carboxylic acids is 2. The summed E-state index contributed by atoms with van der Waals surface area (Å²) in [4.78, 5) is 69.3. The standard InChI is InChI=1S/C21H32N6O7S/c1-35-8-6-14(21(33)34)25-19(31)16-3-2-7-27(16)20(32)15(9-12-10-23-11-24-12)26-18(30)13(22)4-5-17(28)29/h10-11,13-16H,2-9,22H2,1H3,(H,23,24)(H,25,31)(H,26,30)(H,28,29)(H,33,34). The smallest absolute Gasteiger partial charge is 0.326 e. The molecule has 0 aromatic carbocycles. The Balaban J connectivity index is 2.14. The van der Waals surface area contributed by atoms with Crippen LogP contribution in [0.25, 0.3) is 0 Å². The molecule has 1 fully saturated rings. The van der Waals surface area contributed by atoms with E-state index < -0.39 is 53.8 Å². The van der Waals surface area contributed by atoms with E-state index in [1.54, 1.807) is 0 Å². The highest BCUT2D eigenvalue weighted by molar-refractivity contribution is 7.98. The number of likely N-dealkylation sites (tertiary alicyclic amines) is 1. The minimum Gasteiger partial charge on any atom is -0.481 e. The number of carboxylic acid groups (broad SMARTS) is 2. The van der Waals surface area contributed by atoms with Crippen LogP contribution in [0.2, 0.25) is 0 Å². The summed E-state index contributed by atoms with van der Waals surface area (Å²) in [5.41, 5.74) is 6.36. The third-order valence-electron chi connectivity index (χ3n) is 5.66. The molecule has 2 heterocycles. The maximum Gasteiger partial charge on any atom is 0.326 e. The summed E-state index contributed by atoms with van der Waals surface area (Å²) in [7, 11) is 0. The van der Waals surface area contributed by atoms with Gasteiger partial charge in [-0.15, -0.1) is 0 Å². The average molecular weight is 513 g/mol. The van der Waals surface area contributed by atoms with Crippen LogP contribution in [0.5, 0.6) is 0 Å². The number of aliphatic carboxylic acids is 2. The number of aromatic amines is 1. The molecule has 194 valence electrons. The number of thioether (sulfide) groups is 1. The Hall–Kier alpha value is -3.13. The molecular weight excluding hydrogens is 480 g/mol. The molecule has 1 aliphatic heterocycles. The molecule has 35 heavy (non-hydrogen) atoms. The number of aromatic nitrogens is 2. The van der Waals surface area contributed by atoms with E-state index in [1.807, 2.05) is 6.26 Å². The Bertz CT molecular complexity index is 897. The van der Waals surface area contributed by atoms with E-state index >= 15 is 0 Å². The van der Waals surface area contributed by atoms with E-state index in [1.165, 1.54) is 29.2 Å². The van der Waals surface area contributed by atoms with Gasteiger partial charge in [0, 0.05) is 31.3 Å². The van der Waals surface area contributed by atoms with Crippen LogP contribution in [0, 0.1) is 0 Å². The Kier molecular flexibility index (Phi) is 11.0. The maximum absolute atomic E-state index is 13.4.